The predicted octanol–water partition coefficient (Wildman–Crippen LogP) is 4.91. The second-order valence-corrected chi connectivity index (χ2v) is 10.1. The van der Waals surface area contributed by atoms with Crippen LogP contribution in [-0.2, 0) is 16.0 Å². The van der Waals surface area contributed by atoms with Crippen molar-refractivity contribution < 1.29 is 14.3 Å². The van der Waals surface area contributed by atoms with E-state index in [9.17, 15) is 4.79 Å². The summed E-state index contributed by atoms with van der Waals surface area (Å²) in [5.41, 5.74) is 9.56. The van der Waals surface area contributed by atoms with Crippen molar-refractivity contribution in [2.45, 2.75) is 13.5 Å². The smallest absolute Gasteiger partial charge is 0.255 e. The van der Waals surface area contributed by atoms with Gasteiger partial charge in [-0.1, -0.05) is 41.4 Å². The van der Waals surface area contributed by atoms with Crippen LogP contribution in [-0.4, -0.2) is 64.8 Å². The van der Waals surface area contributed by atoms with E-state index in [4.69, 9.17) is 43.5 Å². The maximum Gasteiger partial charge on any atom is 0.255 e. The summed E-state index contributed by atoms with van der Waals surface area (Å²) in [6.07, 6.45) is 3.34. The van der Waals surface area contributed by atoms with Gasteiger partial charge in [0, 0.05) is 47.1 Å². The molecular formula is C29H29Cl2N7O3. The van der Waals surface area contributed by atoms with Crippen LogP contribution in [0.5, 0.6) is 0 Å². The van der Waals surface area contributed by atoms with Crippen LogP contribution in [0.3, 0.4) is 0 Å². The summed E-state index contributed by atoms with van der Waals surface area (Å²) in [4.78, 5) is 23.6. The summed E-state index contributed by atoms with van der Waals surface area (Å²) < 4.78 is 12.6. The van der Waals surface area contributed by atoms with Gasteiger partial charge < -0.3 is 25.4 Å². The summed E-state index contributed by atoms with van der Waals surface area (Å²) >= 11 is 13.4. The Morgan fingerprint density at radius 2 is 1.85 bits per heavy atom. The normalized spacial score (nSPS) is 14.6. The van der Waals surface area contributed by atoms with Crippen molar-refractivity contribution >= 4 is 51.5 Å². The second-order valence-electron chi connectivity index (χ2n) is 9.28. The number of carbonyl (C=O) groups excluding carboxylic acids is 1. The number of para-hydroxylation sites is 1. The van der Waals surface area contributed by atoms with Crippen molar-refractivity contribution in [3.8, 4) is 0 Å². The highest BCUT2D eigenvalue weighted by Gasteiger charge is 2.24. The number of aliphatic imine (C=N–C) groups is 1. The summed E-state index contributed by atoms with van der Waals surface area (Å²) in [5.74, 6) is 0.985. The molecule has 0 saturated carbocycles. The predicted molar refractivity (Wildman–Crippen MR) is 160 cm³/mol. The van der Waals surface area contributed by atoms with Gasteiger partial charge >= 0.3 is 0 Å². The number of hydrogen-bond acceptors (Lipinski definition) is 7. The zero-order valence-corrected chi connectivity index (χ0v) is 24.1. The number of carbonyl (C=O) groups is 1. The molecule has 1 aliphatic rings. The minimum absolute atomic E-state index is 0.159. The number of nitrogens with one attached hydrogen (secondary N) is 1. The van der Waals surface area contributed by atoms with Crippen molar-refractivity contribution in [3.05, 3.63) is 99.4 Å². The molecule has 5 rings (SSSR count). The number of aromatic nitrogens is 3. The molecule has 10 nitrogen and oxygen atoms in total. The largest absolute Gasteiger partial charge is 0.498 e. The van der Waals surface area contributed by atoms with E-state index in [1.165, 1.54) is 0 Å². The van der Waals surface area contributed by atoms with E-state index < -0.39 is 0 Å². The number of rotatable bonds is 8. The van der Waals surface area contributed by atoms with Gasteiger partial charge in [-0.05, 0) is 37.3 Å². The molecule has 2 aromatic heterocycles. The van der Waals surface area contributed by atoms with Gasteiger partial charge in [0.05, 0.1) is 43.0 Å². The highest BCUT2D eigenvalue weighted by atomic mass is 35.5. The number of amidine groups is 1. The number of methoxy groups -OCH3 is 1. The standard InChI is InChI=1S/C29H29Cl2N7O3/c1-18(40-2)28(34-19-9-11-33-12-10-19)35-27(32)26-20-5-3-4-6-24(20)38(36-26)17-22-23(30)8-7-21(25(22)31)29(39)37-13-15-41-16-14-37/h3-12H,13-17H2,1-2H3,(H2,32,35)(H,33,34)/b28-18+. The molecule has 0 unspecified atom stereocenters. The Morgan fingerprint density at radius 1 is 1.12 bits per heavy atom. The van der Waals surface area contributed by atoms with Crippen LogP contribution in [0.4, 0.5) is 5.69 Å². The first kappa shape index (κ1) is 28.4. The number of morpholine rings is 1. The molecule has 12 heteroatoms. The Balaban J connectivity index is 1.51. The summed E-state index contributed by atoms with van der Waals surface area (Å²) in [5, 5.41) is 9.54. The summed E-state index contributed by atoms with van der Waals surface area (Å²) in [6, 6.07) is 14.6. The number of pyridine rings is 1. The summed E-state index contributed by atoms with van der Waals surface area (Å²) in [7, 11) is 1.56. The number of fused-ring (bicyclic) bond motifs is 1. The molecule has 0 spiro atoms. The molecule has 1 amide bonds. The number of benzene rings is 2. The fourth-order valence-corrected chi connectivity index (χ4v) is 5.04. The highest BCUT2D eigenvalue weighted by Crippen LogP contribution is 2.31. The molecule has 0 atom stereocenters. The molecule has 0 aliphatic carbocycles. The molecule has 2 aromatic carbocycles. The second kappa shape index (κ2) is 12.6. The average molecular weight is 595 g/mol. The molecule has 3 heterocycles. The van der Waals surface area contributed by atoms with Gasteiger partial charge in [0.15, 0.2) is 11.7 Å². The van der Waals surface area contributed by atoms with Crippen LogP contribution in [0.15, 0.2) is 77.5 Å². The van der Waals surface area contributed by atoms with Crippen molar-refractivity contribution in [3.63, 3.8) is 0 Å². The van der Waals surface area contributed by atoms with E-state index in [2.05, 4.69) is 15.3 Å². The molecule has 0 bridgehead atoms. The molecular weight excluding hydrogens is 565 g/mol. The SMILES string of the molecule is CO/C(C)=C(/N=C(\N)c1nn(Cc2c(Cl)ccc(C(=O)N3CCOCC3)c2Cl)c2ccccc12)Nc1ccncc1. The van der Waals surface area contributed by atoms with E-state index in [-0.39, 0.29) is 18.3 Å². The van der Waals surface area contributed by atoms with Gasteiger partial charge in [-0.15, -0.1) is 0 Å². The van der Waals surface area contributed by atoms with E-state index in [1.807, 2.05) is 36.4 Å². The molecule has 0 radical (unpaired) electrons. The first-order valence-corrected chi connectivity index (χ1v) is 13.7. The Morgan fingerprint density at radius 3 is 2.59 bits per heavy atom. The monoisotopic (exact) mass is 593 g/mol. The molecule has 3 N–H and O–H groups in total. The number of halogens is 2. The molecule has 1 fully saturated rings. The summed E-state index contributed by atoms with van der Waals surface area (Å²) in [6.45, 7) is 4.00. The van der Waals surface area contributed by atoms with Crippen molar-refractivity contribution in [2.75, 3.05) is 38.7 Å². The van der Waals surface area contributed by atoms with E-state index >= 15 is 0 Å². The van der Waals surface area contributed by atoms with Crippen LogP contribution in [0.1, 0.15) is 28.5 Å². The van der Waals surface area contributed by atoms with Gasteiger partial charge in [-0.2, -0.15) is 5.10 Å². The number of hydrogen-bond donors (Lipinski definition) is 2. The number of amides is 1. The lowest BCUT2D eigenvalue weighted by Gasteiger charge is -2.27. The maximum absolute atomic E-state index is 13.2. The Bertz CT molecular complexity index is 1630. The number of allylic oxidation sites excluding steroid dienone is 1. The Labute approximate surface area is 247 Å². The lowest BCUT2D eigenvalue weighted by molar-refractivity contribution is 0.0303. The zero-order valence-electron chi connectivity index (χ0n) is 22.6. The van der Waals surface area contributed by atoms with E-state index in [0.29, 0.717) is 64.7 Å². The maximum atomic E-state index is 13.2. The third-order valence-corrected chi connectivity index (χ3v) is 7.52. The van der Waals surface area contributed by atoms with Crippen molar-refractivity contribution in [1.82, 2.24) is 19.7 Å². The van der Waals surface area contributed by atoms with Crippen LogP contribution in [0.25, 0.3) is 10.9 Å². The van der Waals surface area contributed by atoms with Gasteiger partial charge in [0.1, 0.15) is 11.5 Å². The van der Waals surface area contributed by atoms with E-state index in [0.717, 1.165) is 16.6 Å². The number of nitrogens with two attached hydrogens (primary N) is 1. The number of ether oxygens (including phenoxy) is 2. The molecule has 1 saturated heterocycles. The average Bonchev–Trinajstić information content (AvgIpc) is 3.37. The third kappa shape index (κ3) is 6.14. The van der Waals surface area contributed by atoms with Gasteiger partial charge in [-0.3, -0.25) is 14.5 Å². The third-order valence-electron chi connectivity index (χ3n) is 6.74. The molecule has 41 heavy (non-hydrogen) atoms. The van der Waals surface area contributed by atoms with Crippen LogP contribution < -0.4 is 11.1 Å². The molecule has 4 aromatic rings. The van der Waals surface area contributed by atoms with Gasteiger partial charge in [0.25, 0.3) is 5.91 Å². The zero-order chi connectivity index (χ0) is 28.9. The lowest BCUT2D eigenvalue weighted by Crippen LogP contribution is -2.40. The fourth-order valence-electron chi connectivity index (χ4n) is 4.47. The van der Waals surface area contributed by atoms with E-state index in [1.54, 1.807) is 48.1 Å². The number of nitrogens with zero attached hydrogens (tertiary/aromatic N) is 5. The first-order chi connectivity index (χ1) is 19.9. The fraction of sp³-hybridized carbons (Fsp3) is 0.241. The van der Waals surface area contributed by atoms with Crippen LogP contribution in [0.2, 0.25) is 10.0 Å². The minimum Gasteiger partial charge on any atom is -0.498 e. The number of anilines is 1. The quantitative estimate of drug-likeness (QED) is 0.169. The first-order valence-electron chi connectivity index (χ1n) is 12.9. The van der Waals surface area contributed by atoms with Gasteiger partial charge in [0.2, 0.25) is 0 Å². The molecule has 212 valence electrons. The van der Waals surface area contributed by atoms with Crippen LogP contribution in [0, 0.1) is 0 Å². The molecule has 1 aliphatic heterocycles. The van der Waals surface area contributed by atoms with Crippen molar-refractivity contribution in [2.24, 2.45) is 10.7 Å². The van der Waals surface area contributed by atoms with Gasteiger partial charge in [-0.25, -0.2) is 4.99 Å². The minimum atomic E-state index is -0.159. The van der Waals surface area contributed by atoms with Crippen molar-refractivity contribution in [1.29, 1.82) is 0 Å². The van der Waals surface area contributed by atoms with Crippen LogP contribution >= 0.6 is 23.2 Å². The highest BCUT2D eigenvalue weighted by molar-refractivity contribution is 6.38. The topological polar surface area (TPSA) is 120 Å². The Hall–Kier alpha value is -4.12. The Kier molecular flexibility index (Phi) is 8.72. The lowest BCUT2D eigenvalue weighted by atomic mass is 10.1.